The molecule has 29 heavy (non-hydrogen) atoms. The second kappa shape index (κ2) is 8.06. The Bertz CT molecular complexity index is 1100. The Morgan fingerprint density at radius 3 is 1.93 bits per heavy atom. The highest BCUT2D eigenvalue weighted by Gasteiger charge is 2.24. The Morgan fingerprint density at radius 2 is 1.34 bits per heavy atom. The molecule has 0 aliphatic rings. The Hall–Kier alpha value is -3.16. The molecular weight excluding hydrogens is 370 g/mol. The minimum absolute atomic E-state index is 0.0837. The first-order chi connectivity index (χ1) is 13.7. The van der Waals surface area contributed by atoms with Gasteiger partial charge < -0.3 is 20.8 Å². The third-order valence-corrected chi connectivity index (χ3v) is 4.85. The van der Waals surface area contributed by atoms with Crippen LogP contribution in [0.4, 0.5) is 22.7 Å². The van der Waals surface area contributed by atoms with Gasteiger partial charge in [-0.15, -0.1) is 0 Å². The fourth-order valence-corrected chi connectivity index (χ4v) is 3.16. The van der Waals surface area contributed by atoms with E-state index in [1.54, 1.807) is 32.3 Å². The molecular formula is C22H25N3O4. The van der Waals surface area contributed by atoms with E-state index in [0.29, 0.717) is 5.56 Å². The summed E-state index contributed by atoms with van der Waals surface area (Å²) in [6.07, 6.45) is -1.01. The molecule has 1 unspecified atom stereocenters. The van der Waals surface area contributed by atoms with Crippen LogP contribution in [0.1, 0.15) is 37.1 Å². The first-order valence-corrected chi connectivity index (χ1v) is 9.35. The number of hydrogen-bond acceptors (Lipinski definition) is 7. The molecule has 0 aliphatic carbocycles. The van der Waals surface area contributed by atoms with Gasteiger partial charge in [0.2, 0.25) is 0 Å². The van der Waals surface area contributed by atoms with E-state index in [0.717, 1.165) is 11.3 Å². The fraction of sp³-hybridized carbons (Fsp3) is 0.273. The first kappa shape index (κ1) is 20.6. The Kier molecular flexibility index (Phi) is 5.72. The summed E-state index contributed by atoms with van der Waals surface area (Å²) in [7, 11) is 3.35. The summed E-state index contributed by atoms with van der Waals surface area (Å²) in [4.78, 5) is 25.9. The predicted molar refractivity (Wildman–Crippen MR) is 115 cm³/mol. The zero-order valence-corrected chi connectivity index (χ0v) is 16.9. The number of aliphatic hydroxyl groups is 1. The molecule has 7 heteroatoms. The molecule has 0 aromatic heterocycles. The maximum atomic E-state index is 12.2. The van der Waals surface area contributed by atoms with E-state index in [1.165, 1.54) is 4.90 Å². The summed E-state index contributed by atoms with van der Waals surface area (Å²) >= 11 is 0. The van der Waals surface area contributed by atoms with Gasteiger partial charge in [0.1, 0.15) is 23.4 Å². The summed E-state index contributed by atoms with van der Waals surface area (Å²) in [5.74, 6) is 0.0464. The van der Waals surface area contributed by atoms with Gasteiger partial charge in [-0.1, -0.05) is 44.2 Å². The van der Waals surface area contributed by atoms with Crippen LogP contribution in [0.3, 0.4) is 0 Å². The van der Waals surface area contributed by atoms with Crippen LogP contribution in [0.2, 0.25) is 0 Å². The van der Waals surface area contributed by atoms with Gasteiger partial charge in [0.25, 0.3) is 10.9 Å². The molecule has 3 aromatic carbocycles. The number of benzene rings is 2. The van der Waals surface area contributed by atoms with Gasteiger partial charge in [0.05, 0.1) is 5.69 Å². The highest BCUT2D eigenvalue weighted by Crippen LogP contribution is 2.36. The van der Waals surface area contributed by atoms with Crippen LogP contribution in [0, 0.1) is 0 Å². The largest absolute Gasteiger partial charge is 0.505 e. The van der Waals surface area contributed by atoms with Gasteiger partial charge in [-0.2, -0.15) is 0 Å². The quantitative estimate of drug-likeness (QED) is 0.277. The van der Waals surface area contributed by atoms with E-state index < -0.39 is 17.1 Å². The smallest absolute Gasteiger partial charge is 0.253 e. The van der Waals surface area contributed by atoms with Crippen molar-refractivity contribution in [3.05, 3.63) is 74.0 Å². The third kappa shape index (κ3) is 3.87. The molecule has 0 bridgehead atoms. The Morgan fingerprint density at radius 1 is 0.828 bits per heavy atom. The van der Waals surface area contributed by atoms with Crippen molar-refractivity contribution in [1.29, 1.82) is 0 Å². The highest BCUT2D eigenvalue weighted by molar-refractivity contribution is 5.84. The van der Waals surface area contributed by atoms with Crippen LogP contribution in [0.15, 0.2) is 52.1 Å². The number of anilines is 4. The molecule has 0 saturated heterocycles. The lowest BCUT2D eigenvalue weighted by Gasteiger charge is -2.22. The van der Waals surface area contributed by atoms with Crippen LogP contribution >= 0.6 is 0 Å². The van der Waals surface area contributed by atoms with Crippen molar-refractivity contribution in [3.8, 4) is 5.75 Å². The van der Waals surface area contributed by atoms with E-state index >= 15 is 0 Å². The number of aliphatic hydroxyl groups excluding tert-OH is 1. The number of para-hydroxylation sites is 2. The van der Waals surface area contributed by atoms with Crippen molar-refractivity contribution in [2.24, 2.45) is 0 Å². The van der Waals surface area contributed by atoms with Crippen LogP contribution in [0.5, 0.6) is 5.75 Å². The van der Waals surface area contributed by atoms with Gasteiger partial charge in [-0.05, 0) is 37.7 Å². The molecule has 3 rings (SSSR count). The second-order valence-electron chi connectivity index (χ2n) is 7.48. The van der Waals surface area contributed by atoms with Crippen molar-refractivity contribution in [3.63, 3.8) is 0 Å². The standard InChI is InChI=1S/C22H25N3O4/c1-12(2)13-8-5-6-10-15(13)23-17-18(21(28)20(17)27)24-16-11-7-9-14(19(16)26)22(29)25(3)4/h5-12,22-24,26,29H,1-4H3. The van der Waals surface area contributed by atoms with Crippen LogP contribution < -0.4 is 21.5 Å². The number of nitrogens with one attached hydrogen (secondary N) is 2. The predicted octanol–water partition coefficient (Wildman–Crippen LogP) is 3.15. The maximum Gasteiger partial charge on any atom is 0.253 e. The molecule has 4 N–H and O–H groups in total. The van der Waals surface area contributed by atoms with E-state index in [2.05, 4.69) is 10.6 Å². The molecule has 0 aliphatic heterocycles. The normalized spacial score (nSPS) is 12.5. The zero-order chi connectivity index (χ0) is 21.3. The van der Waals surface area contributed by atoms with Crippen LogP contribution in [-0.4, -0.2) is 29.2 Å². The van der Waals surface area contributed by atoms with E-state index in [-0.39, 0.29) is 28.7 Å². The van der Waals surface area contributed by atoms with Crippen molar-refractivity contribution in [1.82, 2.24) is 4.90 Å². The number of aromatic hydroxyl groups is 1. The van der Waals surface area contributed by atoms with Crippen molar-refractivity contribution in [2.75, 3.05) is 24.7 Å². The SMILES string of the molecule is CC(C)c1ccccc1Nc1c(Nc2cccc(C(O)N(C)C)c2O)c(=O)c1=O. The molecule has 0 amide bonds. The minimum atomic E-state index is -1.01. The van der Waals surface area contributed by atoms with Gasteiger partial charge in [-0.3, -0.25) is 14.5 Å². The van der Waals surface area contributed by atoms with Crippen molar-refractivity contribution >= 4 is 22.7 Å². The van der Waals surface area contributed by atoms with Crippen LogP contribution in [0.25, 0.3) is 0 Å². The number of nitrogens with zero attached hydrogens (tertiary/aromatic N) is 1. The maximum absolute atomic E-state index is 12.2. The highest BCUT2D eigenvalue weighted by atomic mass is 16.3. The summed E-state index contributed by atoms with van der Waals surface area (Å²) < 4.78 is 0. The summed E-state index contributed by atoms with van der Waals surface area (Å²) in [5.41, 5.74) is 1.25. The number of hydrogen-bond donors (Lipinski definition) is 4. The van der Waals surface area contributed by atoms with E-state index in [9.17, 15) is 19.8 Å². The lowest BCUT2D eigenvalue weighted by Crippen LogP contribution is -2.36. The van der Waals surface area contributed by atoms with Gasteiger partial charge in [0, 0.05) is 11.3 Å². The molecule has 7 nitrogen and oxygen atoms in total. The van der Waals surface area contributed by atoms with Gasteiger partial charge >= 0.3 is 0 Å². The molecule has 3 aromatic rings. The van der Waals surface area contributed by atoms with Gasteiger partial charge in [0.15, 0.2) is 0 Å². The van der Waals surface area contributed by atoms with Gasteiger partial charge in [-0.25, -0.2) is 0 Å². The van der Waals surface area contributed by atoms with E-state index in [4.69, 9.17) is 0 Å². The monoisotopic (exact) mass is 395 g/mol. The topological polar surface area (TPSA) is 102 Å². The Labute approximate surface area is 168 Å². The van der Waals surface area contributed by atoms with Crippen molar-refractivity contribution < 1.29 is 10.2 Å². The number of rotatable bonds is 7. The zero-order valence-electron chi connectivity index (χ0n) is 16.9. The first-order valence-electron chi connectivity index (χ1n) is 9.35. The molecule has 0 radical (unpaired) electrons. The van der Waals surface area contributed by atoms with Crippen LogP contribution in [-0.2, 0) is 0 Å². The lowest BCUT2D eigenvalue weighted by molar-refractivity contribution is 0.0376. The molecule has 0 spiro atoms. The molecule has 152 valence electrons. The minimum Gasteiger partial charge on any atom is -0.505 e. The number of phenolic OH excluding ortho intramolecular Hbond substituents is 1. The average Bonchev–Trinajstić information content (AvgIpc) is 2.70. The van der Waals surface area contributed by atoms with E-state index in [1.807, 2.05) is 38.1 Å². The fourth-order valence-electron chi connectivity index (χ4n) is 3.16. The van der Waals surface area contributed by atoms with Crippen molar-refractivity contribution in [2.45, 2.75) is 26.0 Å². The Balaban J connectivity index is 1.94. The molecule has 0 heterocycles. The second-order valence-corrected chi connectivity index (χ2v) is 7.48. The molecule has 0 saturated carbocycles. The third-order valence-electron chi connectivity index (χ3n) is 4.85. The summed E-state index contributed by atoms with van der Waals surface area (Å²) in [6, 6.07) is 12.4. The lowest BCUT2D eigenvalue weighted by atomic mass is 10.0. The number of phenols is 1. The average molecular weight is 395 g/mol. The molecule has 1 atom stereocenters. The summed E-state index contributed by atoms with van der Waals surface area (Å²) in [5, 5.41) is 26.7. The molecule has 0 fully saturated rings. The summed E-state index contributed by atoms with van der Waals surface area (Å²) in [6.45, 7) is 4.09.